The van der Waals surface area contributed by atoms with Crippen molar-refractivity contribution in [1.29, 1.82) is 0 Å². The van der Waals surface area contributed by atoms with Gasteiger partial charge in [-0.2, -0.15) is 0 Å². The third-order valence-corrected chi connectivity index (χ3v) is 5.50. The van der Waals surface area contributed by atoms with Gasteiger partial charge in [-0.25, -0.2) is 4.79 Å². The second-order valence-electron chi connectivity index (χ2n) is 7.81. The second-order valence-corrected chi connectivity index (χ2v) is 7.81. The summed E-state index contributed by atoms with van der Waals surface area (Å²) in [6.07, 6.45) is 10.6. The Balaban J connectivity index is 1.47. The van der Waals surface area contributed by atoms with Crippen LogP contribution >= 0.6 is 0 Å². The predicted molar refractivity (Wildman–Crippen MR) is 100 cm³/mol. The lowest BCUT2D eigenvalue weighted by atomic mass is 9.86. The van der Waals surface area contributed by atoms with Crippen LogP contribution in [0.25, 0.3) is 0 Å². The lowest BCUT2D eigenvalue weighted by molar-refractivity contribution is 0.00464. The van der Waals surface area contributed by atoms with E-state index in [2.05, 4.69) is 0 Å². The zero-order chi connectivity index (χ0) is 18.9. The van der Waals surface area contributed by atoms with E-state index in [1.165, 1.54) is 0 Å². The van der Waals surface area contributed by atoms with E-state index in [0.717, 1.165) is 50.0 Å². The highest BCUT2D eigenvalue weighted by molar-refractivity contribution is 5.37. The van der Waals surface area contributed by atoms with Crippen LogP contribution in [-0.2, 0) is 23.2 Å². The minimum absolute atomic E-state index is 0.00367. The third-order valence-electron chi connectivity index (χ3n) is 5.50. The molecule has 0 aromatic carbocycles. The number of hydrogen-bond acceptors (Lipinski definition) is 5. The van der Waals surface area contributed by atoms with Crippen molar-refractivity contribution in [2.24, 2.45) is 5.92 Å². The molecule has 1 N–H and O–H groups in total. The Labute approximate surface area is 158 Å². The van der Waals surface area contributed by atoms with Gasteiger partial charge in [-0.1, -0.05) is 12.8 Å². The number of allylic oxidation sites excluding steroid dienone is 1. The first-order valence-electron chi connectivity index (χ1n) is 9.80. The first-order chi connectivity index (χ1) is 13.1. The summed E-state index contributed by atoms with van der Waals surface area (Å²) < 4.78 is 16.9. The van der Waals surface area contributed by atoms with Gasteiger partial charge in [0.05, 0.1) is 12.0 Å². The highest BCUT2D eigenvalue weighted by Gasteiger charge is 2.46. The van der Waals surface area contributed by atoms with Crippen molar-refractivity contribution < 1.29 is 18.7 Å². The molecule has 0 bridgehead atoms. The van der Waals surface area contributed by atoms with Gasteiger partial charge >= 0.3 is 5.63 Å². The van der Waals surface area contributed by atoms with E-state index in [1.807, 2.05) is 25.1 Å². The Morgan fingerprint density at radius 2 is 2.00 bits per heavy atom. The van der Waals surface area contributed by atoms with Gasteiger partial charge in [0.25, 0.3) is 0 Å². The monoisotopic (exact) mass is 370 g/mol. The Morgan fingerprint density at radius 3 is 2.59 bits per heavy atom. The molecule has 2 aromatic heterocycles. The zero-order valence-corrected chi connectivity index (χ0v) is 15.7. The highest BCUT2D eigenvalue weighted by Crippen LogP contribution is 2.49. The van der Waals surface area contributed by atoms with Crippen LogP contribution in [0.3, 0.4) is 0 Å². The van der Waals surface area contributed by atoms with Crippen LogP contribution in [0.15, 0.2) is 49.9 Å². The average molecular weight is 370 g/mol. The molecule has 1 aliphatic heterocycles. The van der Waals surface area contributed by atoms with Crippen LogP contribution in [0.2, 0.25) is 0 Å². The molecule has 5 heteroatoms. The number of unbranched alkanes of at least 4 members (excludes halogenated alkanes) is 1. The maximum atomic E-state index is 12.7. The van der Waals surface area contributed by atoms with Gasteiger partial charge < -0.3 is 18.7 Å². The molecule has 27 heavy (non-hydrogen) atoms. The van der Waals surface area contributed by atoms with Crippen LogP contribution in [0.1, 0.15) is 62.5 Å². The molecule has 1 aliphatic carbocycles. The number of aryl methyl sites for hydroxylation is 2. The minimum Gasteiger partial charge on any atom is -0.507 e. The maximum absolute atomic E-state index is 12.7. The number of rotatable bonds is 8. The van der Waals surface area contributed by atoms with E-state index in [0.29, 0.717) is 24.5 Å². The summed E-state index contributed by atoms with van der Waals surface area (Å²) in [6.45, 7) is 1.89. The SMILES string of the molecule is CC1=CCC(CC2CC2)(c2c(O)cc(CCCCc3ccco3)oc2=O)O1. The van der Waals surface area contributed by atoms with E-state index in [9.17, 15) is 9.90 Å². The standard InChI is InChI=1S/C22H26O5/c1-15-10-11-22(27-15,14-16-8-9-16)20-19(23)13-18(26-21(20)24)6-3-2-5-17-7-4-12-25-17/h4,7,10,12-13,16,23H,2-3,5-6,8-9,11,14H2,1H3. The molecular formula is C22H26O5. The Hall–Kier alpha value is -2.43. The van der Waals surface area contributed by atoms with Gasteiger partial charge in [-0.3, -0.25) is 0 Å². The van der Waals surface area contributed by atoms with Gasteiger partial charge in [-0.15, -0.1) is 0 Å². The fourth-order valence-corrected chi connectivity index (χ4v) is 3.99. The molecule has 2 aromatic rings. The third kappa shape index (κ3) is 3.97. The number of aromatic hydroxyl groups is 1. The van der Waals surface area contributed by atoms with Crippen molar-refractivity contribution in [2.75, 3.05) is 0 Å². The van der Waals surface area contributed by atoms with Crippen LogP contribution < -0.4 is 5.63 Å². The van der Waals surface area contributed by atoms with Gasteiger partial charge in [0.1, 0.15) is 28.4 Å². The van der Waals surface area contributed by atoms with Gasteiger partial charge in [0.15, 0.2) is 0 Å². The summed E-state index contributed by atoms with van der Waals surface area (Å²) in [4.78, 5) is 12.7. The van der Waals surface area contributed by atoms with Crippen molar-refractivity contribution in [3.8, 4) is 5.75 Å². The molecule has 144 valence electrons. The molecule has 1 unspecified atom stereocenters. The summed E-state index contributed by atoms with van der Waals surface area (Å²) in [6, 6.07) is 5.43. The van der Waals surface area contributed by atoms with Crippen molar-refractivity contribution in [3.05, 3.63) is 63.8 Å². The highest BCUT2D eigenvalue weighted by atomic mass is 16.5. The van der Waals surface area contributed by atoms with E-state index in [1.54, 1.807) is 12.3 Å². The molecule has 0 radical (unpaired) electrons. The summed E-state index contributed by atoms with van der Waals surface area (Å²) in [5, 5.41) is 10.6. The molecule has 2 aliphatic rings. The van der Waals surface area contributed by atoms with Crippen molar-refractivity contribution in [3.63, 3.8) is 0 Å². The topological polar surface area (TPSA) is 72.8 Å². The molecule has 3 heterocycles. The molecule has 1 saturated carbocycles. The normalized spacial score (nSPS) is 21.9. The maximum Gasteiger partial charge on any atom is 0.346 e. The smallest absolute Gasteiger partial charge is 0.346 e. The van der Waals surface area contributed by atoms with Crippen molar-refractivity contribution in [1.82, 2.24) is 0 Å². The van der Waals surface area contributed by atoms with Crippen LogP contribution in [0, 0.1) is 5.92 Å². The lowest BCUT2D eigenvalue weighted by Gasteiger charge is -2.29. The molecule has 1 fully saturated rings. The molecule has 5 nitrogen and oxygen atoms in total. The molecule has 1 atom stereocenters. The summed E-state index contributed by atoms with van der Waals surface area (Å²) >= 11 is 0. The number of ether oxygens (including phenoxy) is 1. The average Bonchev–Trinajstić information content (AvgIpc) is 3.12. The van der Waals surface area contributed by atoms with E-state index < -0.39 is 11.2 Å². The summed E-state index contributed by atoms with van der Waals surface area (Å²) in [5.41, 5.74) is -0.963. The Morgan fingerprint density at radius 1 is 1.22 bits per heavy atom. The Kier molecular flexibility index (Phi) is 4.85. The largest absolute Gasteiger partial charge is 0.507 e. The minimum atomic E-state index is -0.770. The van der Waals surface area contributed by atoms with Crippen molar-refractivity contribution >= 4 is 0 Å². The van der Waals surface area contributed by atoms with E-state index in [4.69, 9.17) is 13.6 Å². The first-order valence-corrected chi connectivity index (χ1v) is 9.80. The molecule has 0 saturated heterocycles. The van der Waals surface area contributed by atoms with Crippen molar-refractivity contribution in [2.45, 2.75) is 63.9 Å². The van der Waals surface area contributed by atoms with E-state index in [-0.39, 0.29) is 11.3 Å². The van der Waals surface area contributed by atoms with E-state index >= 15 is 0 Å². The quantitative estimate of drug-likeness (QED) is 0.674. The fraction of sp³-hybridized carbons (Fsp3) is 0.500. The first kappa shape index (κ1) is 18.0. The molecule has 0 amide bonds. The predicted octanol–water partition coefficient (Wildman–Crippen LogP) is 4.82. The lowest BCUT2D eigenvalue weighted by Crippen LogP contribution is -2.32. The zero-order valence-electron chi connectivity index (χ0n) is 15.7. The van der Waals surface area contributed by atoms with Gasteiger partial charge in [0, 0.05) is 25.3 Å². The fourth-order valence-electron chi connectivity index (χ4n) is 3.99. The second kappa shape index (κ2) is 7.29. The van der Waals surface area contributed by atoms with Crippen LogP contribution in [0.5, 0.6) is 5.75 Å². The molecular weight excluding hydrogens is 344 g/mol. The number of hydrogen-bond donors (Lipinski definition) is 1. The summed E-state index contributed by atoms with van der Waals surface area (Å²) in [5.74, 6) is 2.83. The van der Waals surface area contributed by atoms with Crippen LogP contribution in [-0.4, -0.2) is 5.11 Å². The summed E-state index contributed by atoms with van der Waals surface area (Å²) in [7, 11) is 0. The molecule has 0 spiro atoms. The van der Waals surface area contributed by atoms with Crippen LogP contribution in [0.4, 0.5) is 0 Å². The number of furan rings is 1. The Bertz CT molecular complexity index is 873. The molecule has 4 rings (SSSR count). The van der Waals surface area contributed by atoms with Gasteiger partial charge in [0.2, 0.25) is 0 Å². The van der Waals surface area contributed by atoms with Gasteiger partial charge in [-0.05, 0) is 50.3 Å².